The zero-order valence-electron chi connectivity index (χ0n) is 18.2. The second-order valence-corrected chi connectivity index (χ2v) is 8.30. The number of hydrogen-bond acceptors (Lipinski definition) is 5. The molecule has 6 nitrogen and oxygen atoms in total. The van der Waals surface area contributed by atoms with Crippen molar-refractivity contribution in [1.29, 1.82) is 0 Å². The van der Waals surface area contributed by atoms with Crippen LogP contribution < -0.4 is 5.32 Å². The van der Waals surface area contributed by atoms with Gasteiger partial charge in [-0.25, -0.2) is 14.4 Å². The molecule has 164 valence electrons. The Morgan fingerprint density at radius 3 is 2.61 bits per heavy atom. The average Bonchev–Trinajstić information content (AvgIpc) is 3.10. The summed E-state index contributed by atoms with van der Waals surface area (Å²) in [6, 6.07) is 10.0. The van der Waals surface area contributed by atoms with Gasteiger partial charge >= 0.3 is 0 Å². The maximum Gasteiger partial charge on any atom is 0.225 e. The zero-order valence-corrected chi connectivity index (χ0v) is 19.0. The van der Waals surface area contributed by atoms with Gasteiger partial charge in [0, 0.05) is 37.4 Å². The van der Waals surface area contributed by atoms with Crippen molar-refractivity contribution in [1.82, 2.24) is 14.5 Å². The number of pyridine rings is 1. The third kappa shape index (κ3) is 5.71. The molecule has 0 radical (unpaired) electrons. The van der Waals surface area contributed by atoms with E-state index in [2.05, 4.69) is 14.9 Å². The van der Waals surface area contributed by atoms with Gasteiger partial charge in [-0.3, -0.25) is 4.79 Å². The first kappa shape index (κ1) is 23.0. The number of hydrogen-bond donors (Lipinski definition) is 1. The van der Waals surface area contributed by atoms with Crippen LogP contribution in [0.4, 0.5) is 10.2 Å². The molecule has 0 saturated carbocycles. The number of rotatable bonds is 9. The number of nitrogens with zero attached hydrogens (tertiary/aromatic N) is 3. The average molecular weight is 443 g/mol. The number of methoxy groups -OCH3 is 1. The van der Waals surface area contributed by atoms with E-state index in [0.717, 1.165) is 27.7 Å². The number of nitrogens with one attached hydrogen (secondary N) is 1. The molecular formula is C23H27FN4O2S. The van der Waals surface area contributed by atoms with Gasteiger partial charge in [0.15, 0.2) is 5.16 Å². The third-order valence-electron chi connectivity index (χ3n) is 4.65. The minimum absolute atomic E-state index is 0.0731. The van der Waals surface area contributed by atoms with E-state index < -0.39 is 0 Å². The van der Waals surface area contributed by atoms with Crippen molar-refractivity contribution >= 4 is 23.5 Å². The number of benzene rings is 1. The molecular weight excluding hydrogens is 415 g/mol. The fourth-order valence-electron chi connectivity index (χ4n) is 3.29. The Morgan fingerprint density at radius 2 is 1.97 bits per heavy atom. The van der Waals surface area contributed by atoms with Gasteiger partial charge in [0.25, 0.3) is 0 Å². The van der Waals surface area contributed by atoms with Gasteiger partial charge in [-0.1, -0.05) is 25.6 Å². The molecule has 2 heterocycles. The Labute approximate surface area is 186 Å². The lowest BCUT2D eigenvalue weighted by Crippen LogP contribution is -2.14. The Kier molecular flexibility index (Phi) is 7.81. The Balaban J connectivity index is 2.09. The maximum atomic E-state index is 13.5. The van der Waals surface area contributed by atoms with Crippen molar-refractivity contribution in [2.45, 2.75) is 32.0 Å². The summed E-state index contributed by atoms with van der Waals surface area (Å²) < 4.78 is 20.9. The lowest BCUT2D eigenvalue weighted by atomic mass is 10.1. The van der Waals surface area contributed by atoms with Crippen LogP contribution in [0.25, 0.3) is 22.5 Å². The van der Waals surface area contributed by atoms with Crippen molar-refractivity contribution in [3.63, 3.8) is 0 Å². The van der Waals surface area contributed by atoms with Gasteiger partial charge in [-0.05, 0) is 48.6 Å². The van der Waals surface area contributed by atoms with E-state index >= 15 is 0 Å². The predicted molar refractivity (Wildman–Crippen MR) is 123 cm³/mol. The van der Waals surface area contributed by atoms with E-state index in [9.17, 15) is 9.18 Å². The molecule has 1 aromatic carbocycles. The summed E-state index contributed by atoms with van der Waals surface area (Å²) in [7, 11) is 1.66. The van der Waals surface area contributed by atoms with E-state index in [-0.39, 0.29) is 17.6 Å². The van der Waals surface area contributed by atoms with E-state index in [0.29, 0.717) is 25.4 Å². The van der Waals surface area contributed by atoms with Gasteiger partial charge in [0.05, 0.1) is 18.0 Å². The normalized spacial score (nSPS) is 11.2. The highest BCUT2D eigenvalue weighted by Crippen LogP contribution is 2.36. The molecule has 0 bridgehead atoms. The van der Waals surface area contributed by atoms with Gasteiger partial charge in [0.2, 0.25) is 5.91 Å². The highest BCUT2D eigenvalue weighted by molar-refractivity contribution is 7.98. The van der Waals surface area contributed by atoms with Crippen LogP contribution in [-0.4, -0.2) is 40.4 Å². The van der Waals surface area contributed by atoms with Crippen LogP contribution in [0.15, 0.2) is 47.8 Å². The largest absolute Gasteiger partial charge is 0.383 e. The number of thioether (sulfide) groups is 1. The molecule has 2 aromatic heterocycles. The molecule has 3 rings (SSSR count). The van der Waals surface area contributed by atoms with Crippen LogP contribution in [0.1, 0.15) is 20.3 Å². The third-order valence-corrected chi connectivity index (χ3v) is 5.32. The maximum absolute atomic E-state index is 13.5. The highest BCUT2D eigenvalue weighted by Gasteiger charge is 2.20. The van der Waals surface area contributed by atoms with Crippen molar-refractivity contribution in [3.05, 3.63) is 48.4 Å². The molecule has 8 heteroatoms. The van der Waals surface area contributed by atoms with E-state index in [4.69, 9.17) is 9.72 Å². The van der Waals surface area contributed by atoms with Crippen LogP contribution in [0.3, 0.4) is 0 Å². The molecule has 0 spiro atoms. The minimum Gasteiger partial charge on any atom is -0.383 e. The number of anilines is 1. The van der Waals surface area contributed by atoms with E-state index in [1.165, 1.54) is 23.9 Å². The number of ether oxygens (including phenoxy) is 1. The molecule has 0 atom stereocenters. The van der Waals surface area contributed by atoms with Crippen molar-refractivity contribution in [3.8, 4) is 22.5 Å². The van der Waals surface area contributed by atoms with Gasteiger partial charge in [-0.15, -0.1) is 0 Å². The molecule has 1 N–H and O–H groups in total. The molecule has 0 aliphatic rings. The number of imidazole rings is 1. The number of halogens is 1. The topological polar surface area (TPSA) is 69.0 Å². The van der Waals surface area contributed by atoms with Crippen molar-refractivity contribution in [2.75, 3.05) is 25.3 Å². The molecule has 3 aromatic rings. The molecule has 31 heavy (non-hydrogen) atoms. The van der Waals surface area contributed by atoms with Crippen LogP contribution in [-0.2, 0) is 16.1 Å². The number of carbonyl (C=O) groups is 1. The van der Waals surface area contributed by atoms with Crippen LogP contribution in [0.2, 0.25) is 0 Å². The monoisotopic (exact) mass is 442 g/mol. The second kappa shape index (κ2) is 10.5. The number of amides is 1. The first-order valence-corrected chi connectivity index (χ1v) is 11.3. The van der Waals surface area contributed by atoms with Gasteiger partial charge in [-0.2, -0.15) is 0 Å². The van der Waals surface area contributed by atoms with Crippen LogP contribution in [0, 0.1) is 11.7 Å². The van der Waals surface area contributed by atoms with E-state index in [1.807, 2.05) is 32.2 Å². The van der Waals surface area contributed by atoms with Crippen molar-refractivity contribution < 1.29 is 13.9 Å². The van der Waals surface area contributed by atoms with Gasteiger partial charge in [0.1, 0.15) is 11.6 Å². The van der Waals surface area contributed by atoms with E-state index in [1.54, 1.807) is 25.4 Å². The highest BCUT2D eigenvalue weighted by atomic mass is 32.2. The summed E-state index contributed by atoms with van der Waals surface area (Å²) in [5.41, 5.74) is 3.28. The smallest absolute Gasteiger partial charge is 0.225 e. The second-order valence-electron chi connectivity index (χ2n) is 7.52. The molecule has 0 aliphatic heterocycles. The fourth-order valence-corrected chi connectivity index (χ4v) is 3.88. The van der Waals surface area contributed by atoms with Crippen molar-refractivity contribution in [2.24, 2.45) is 5.92 Å². The Morgan fingerprint density at radius 1 is 1.23 bits per heavy atom. The molecule has 0 saturated heterocycles. The SMILES string of the molecule is COCCn1c(SC)nc(-c2ccc(F)cc2)c1-c1ccnc(NC(=O)CC(C)C)c1. The summed E-state index contributed by atoms with van der Waals surface area (Å²) in [5.74, 6) is 0.371. The molecule has 1 amide bonds. The lowest BCUT2D eigenvalue weighted by Gasteiger charge is -2.13. The summed E-state index contributed by atoms with van der Waals surface area (Å²) in [6.07, 6.45) is 4.06. The van der Waals surface area contributed by atoms with Gasteiger partial charge < -0.3 is 14.6 Å². The number of aromatic nitrogens is 3. The summed E-state index contributed by atoms with van der Waals surface area (Å²) in [4.78, 5) is 21.4. The Hall–Kier alpha value is -2.71. The Bertz CT molecular complexity index is 1030. The van der Waals surface area contributed by atoms with Crippen LogP contribution in [0.5, 0.6) is 0 Å². The number of carbonyl (C=O) groups excluding carboxylic acids is 1. The standard InChI is InChI=1S/C23H27FN4O2S/c1-15(2)13-20(29)26-19-14-17(9-10-25-19)22-21(16-5-7-18(24)8-6-16)27-23(31-4)28(22)11-12-30-3/h5-10,14-15H,11-13H2,1-4H3,(H,25,26,29). The molecule has 0 fully saturated rings. The lowest BCUT2D eigenvalue weighted by molar-refractivity contribution is -0.116. The quantitative estimate of drug-likeness (QED) is 0.467. The fraction of sp³-hybridized carbons (Fsp3) is 0.348. The summed E-state index contributed by atoms with van der Waals surface area (Å²) in [5, 5.41) is 3.70. The molecule has 0 unspecified atom stereocenters. The summed E-state index contributed by atoms with van der Waals surface area (Å²) in [6.45, 7) is 5.11. The first-order valence-electron chi connectivity index (χ1n) is 10.1. The molecule has 0 aliphatic carbocycles. The zero-order chi connectivity index (χ0) is 22.4. The van der Waals surface area contributed by atoms with Crippen LogP contribution >= 0.6 is 11.8 Å². The summed E-state index contributed by atoms with van der Waals surface area (Å²) >= 11 is 1.53. The predicted octanol–water partition coefficient (Wildman–Crippen LogP) is 5.10. The minimum atomic E-state index is -0.298. The first-order chi connectivity index (χ1) is 14.9.